The van der Waals surface area contributed by atoms with Gasteiger partial charge in [0.1, 0.15) is 0 Å². The number of benzene rings is 1. The van der Waals surface area contributed by atoms with Crippen molar-refractivity contribution in [1.82, 2.24) is 9.78 Å². The van der Waals surface area contributed by atoms with E-state index in [4.69, 9.17) is 9.47 Å². The highest BCUT2D eigenvalue weighted by atomic mass is 79.9. The first-order valence-corrected chi connectivity index (χ1v) is 5.86. The first-order chi connectivity index (χ1) is 8.19. The van der Waals surface area contributed by atoms with Crippen LogP contribution < -0.4 is 4.74 Å². The van der Waals surface area contributed by atoms with Gasteiger partial charge in [0.05, 0.1) is 24.6 Å². The van der Waals surface area contributed by atoms with E-state index in [0.29, 0.717) is 18.0 Å². The molecule has 6 heteroatoms. The highest BCUT2D eigenvalue weighted by Crippen LogP contribution is 2.31. The van der Waals surface area contributed by atoms with Crippen molar-refractivity contribution in [3.63, 3.8) is 0 Å². The molecule has 0 unspecified atom stereocenters. The third kappa shape index (κ3) is 2.00. The molecule has 0 spiro atoms. The molecule has 0 amide bonds. The van der Waals surface area contributed by atoms with Gasteiger partial charge in [-0.15, -0.1) is 5.10 Å². The lowest BCUT2D eigenvalue weighted by molar-refractivity contribution is 0.151. The fourth-order valence-electron chi connectivity index (χ4n) is 1.56. The van der Waals surface area contributed by atoms with Crippen LogP contribution in [0.3, 0.4) is 0 Å². The molecule has 17 heavy (non-hydrogen) atoms. The Kier molecular flexibility index (Phi) is 3.33. The maximum atomic E-state index is 11.7. The minimum absolute atomic E-state index is 0.302. The Morgan fingerprint density at radius 3 is 2.94 bits per heavy atom. The first kappa shape index (κ1) is 11.9. The van der Waals surface area contributed by atoms with Crippen LogP contribution >= 0.6 is 15.9 Å². The molecule has 0 N–H and O–H groups in total. The molecule has 0 fully saturated rings. The summed E-state index contributed by atoms with van der Waals surface area (Å²) < 4.78 is 12.1. The maximum absolute atomic E-state index is 11.7. The number of halogens is 1. The van der Waals surface area contributed by atoms with Crippen LogP contribution in [0, 0.1) is 0 Å². The fourth-order valence-corrected chi connectivity index (χ4v) is 2.09. The SMILES string of the molecule is CCOC(=O)n1nc(OC)c2c(Br)cccc21. The van der Waals surface area contributed by atoms with Crippen molar-refractivity contribution in [2.24, 2.45) is 0 Å². The molecule has 2 rings (SSSR count). The Morgan fingerprint density at radius 2 is 2.29 bits per heavy atom. The fraction of sp³-hybridized carbons (Fsp3) is 0.273. The van der Waals surface area contributed by atoms with Gasteiger partial charge >= 0.3 is 6.09 Å². The van der Waals surface area contributed by atoms with E-state index in [1.54, 1.807) is 13.0 Å². The lowest BCUT2D eigenvalue weighted by Crippen LogP contribution is -2.14. The van der Waals surface area contributed by atoms with Crippen molar-refractivity contribution < 1.29 is 14.3 Å². The number of fused-ring (bicyclic) bond motifs is 1. The molecule has 1 heterocycles. The van der Waals surface area contributed by atoms with Crippen LogP contribution in [0.15, 0.2) is 22.7 Å². The van der Waals surface area contributed by atoms with Gasteiger partial charge in [0.2, 0.25) is 5.88 Å². The van der Waals surface area contributed by atoms with E-state index in [9.17, 15) is 4.79 Å². The van der Waals surface area contributed by atoms with Crippen molar-refractivity contribution in [3.8, 4) is 5.88 Å². The number of nitrogens with zero attached hydrogens (tertiary/aromatic N) is 2. The normalized spacial score (nSPS) is 10.5. The monoisotopic (exact) mass is 298 g/mol. The molecule has 0 saturated carbocycles. The number of ether oxygens (including phenoxy) is 2. The predicted molar refractivity (Wildman–Crippen MR) is 66.4 cm³/mol. The summed E-state index contributed by atoms with van der Waals surface area (Å²) in [5.41, 5.74) is 0.648. The maximum Gasteiger partial charge on any atom is 0.435 e. The second kappa shape index (κ2) is 4.75. The van der Waals surface area contributed by atoms with Crippen LogP contribution in [0.1, 0.15) is 6.92 Å². The van der Waals surface area contributed by atoms with Crippen LogP contribution in [0.25, 0.3) is 10.9 Å². The van der Waals surface area contributed by atoms with Gasteiger partial charge in [-0.05, 0) is 35.0 Å². The molecule has 5 nitrogen and oxygen atoms in total. The van der Waals surface area contributed by atoms with Crippen LogP contribution in [0.2, 0.25) is 0 Å². The van der Waals surface area contributed by atoms with E-state index in [2.05, 4.69) is 21.0 Å². The molecule has 90 valence electrons. The second-order valence-corrected chi connectivity index (χ2v) is 4.11. The van der Waals surface area contributed by atoms with Gasteiger partial charge in [0, 0.05) is 4.47 Å². The van der Waals surface area contributed by atoms with Crippen molar-refractivity contribution in [2.45, 2.75) is 6.92 Å². The van der Waals surface area contributed by atoms with Crippen LogP contribution in [0.5, 0.6) is 5.88 Å². The van der Waals surface area contributed by atoms with Crippen molar-refractivity contribution in [1.29, 1.82) is 0 Å². The topological polar surface area (TPSA) is 53.4 Å². The number of hydrogen-bond donors (Lipinski definition) is 0. The molecule has 0 aliphatic heterocycles. The largest absolute Gasteiger partial charge is 0.479 e. The average molecular weight is 299 g/mol. The zero-order valence-corrected chi connectivity index (χ0v) is 11.0. The number of methoxy groups -OCH3 is 1. The van der Waals surface area contributed by atoms with Crippen LogP contribution in [-0.4, -0.2) is 29.6 Å². The highest BCUT2D eigenvalue weighted by molar-refractivity contribution is 9.10. The molecular formula is C11H11BrN2O3. The van der Waals surface area contributed by atoms with E-state index in [0.717, 1.165) is 9.86 Å². The Labute approximate surface area is 106 Å². The molecule has 1 aromatic carbocycles. The Balaban J connectivity index is 2.65. The molecule has 0 bridgehead atoms. The summed E-state index contributed by atoms with van der Waals surface area (Å²) in [6.07, 6.45) is -0.515. The molecule has 0 aliphatic carbocycles. The Hall–Kier alpha value is -1.56. The first-order valence-electron chi connectivity index (χ1n) is 5.07. The Morgan fingerprint density at radius 1 is 1.53 bits per heavy atom. The minimum atomic E-state index is -0.515. The van der Waals surface area contributed by atoms with Crippen LogP contribution in [-0.2, 0) is 4.74 Å². The zero-order chi connectivity index (χ0) is 12.4. The summed E-state index contributed by atoms with van der Waals surface area (Å²) in [5, 5.41) is 4.83. The quantitative estimate of drug-likeness (QED) is 0.855. The third-order valence-corrected chi connectivity index (χ3v) is 2.92. The molecule has 0 radical (unpaired) electrons. The molecular weight excluding hydrogens is 288 g/mol. The number of hydrogen-bond acceptors (Lipinski definition) is 4. The number of rotatable bonds is 2. The molecule has 2 aromatic rings. The van der Waals surface area contributed by atoms with Gasteiger partial charge in [-0.2, -0.15) is 4.68 Å². The standard InChI is InChI=1S/C11H11BrN2O3/c1-3-17-11(15)14-8-6-4-5-7(12)9(8)10(13-14)16-2/h4-6H,3H2,1-2H3. The third-order valence-electron chi connectivity index (χ3n) is 2.26. The number of aromatic nitrogens is 2. The second-order valence-electron chi connectivity index (χ2n) is 3.25. The summed E-state index contributed by atoms with van der Waals surface area (Å²) in [6, 6.07) is 5.47. The van der Waals surface area contributed by atoms with E-state index in [1.165, 1.54) is 11.8 Å². The van der Waals surface area contributed by atoms with Crippen molar-refractivity contribution >= 4 is 32.9 Å². The van der Waals surface area contributed by atoms with Gasteiger partial charge < -0.3 is 9.47 Å². The van der Waals surface area contributed by atoms with Gasteiger partial charge in [0.15, 0.2) is 0 Å². The van der Waals surface area contributed by atoms with Crippen molar-refractivity contribution in [2.75, 3.05) is 13.7 Å². The average Bonchev–Trinajstić information content (AvgIpc) is 2.69. The summed E-state index contributed by atoms with van der Waals surface area (Å²) in [4.78, 5) is 11.7. The summed E-state index contributed by atoms with van der Waals surface area (Å²) in [5.74, 6) is 0.389. The lowest BCUT2D eigenvalue weighted by Gasteiger charge is -2.01. The van der Waals surface area contributed by atoms with E-state index in [1.807, 2.05) is 12.1 Å². The minimum Gasteiger partial charge on any atom is -0.479 e. The van der Waals surface area contributed by atoms with Crippen molar-refractivity contribution in [3.05, 3.63) is 22.7 Å². The van der Waals surface area contributed by atoms with Gasteiger partial charge in [0.25, 0.3) is 0 Å². The molecule has 1 aromatic heterocycles. The molecule has 0 saturated heterocycles. The lowest BCUT2D eigenvalue weighted by atomic mass is 10.2. The highest BCUT2D eigenvalue weighted by Gasteiger charge is 2.18. The number of carbonyl (C=O) groups is 1. The molecule has 0 atom stereocenters. The van der Waals surface area contributed by atoms with E-state index < -0.39 is 6.09 Å². The summed E-state index contributed by atoms with van der Waals surface area (Å²) in [6.45, 7) is 2.05. The Bertz CT molecular complexity index is 565. The summed E-state index contributed by atoms with van der Waals surface area (Å²) in [7, 11) is 1.51. The smallest absolute Gasteiger partial charge is 0.435 e. The van der Waals surface area contributed by atoms with Crippen LogP contribution in [0.4, 0.5) is 4.79 Å². The zero-order valence-electron chi connectivity index (χ0n) is 9.44. The van der Waals surface area contributed by atoms with Gasteiger partial charge in [-0.3, -0.25) is 0 Å². The van der Waals surface area contributed by atoms with E-state index in [-0.39, 0.29) is 0 Å². The number of carbonyl (C=O) groups excluding carboxylic acids is 1. The van der Waals surface area contributed by atoms with E-state index >= 15 is 0 Å². The molecule has 0 aliphatic rings. The van der Waals surface area contributed by atoms with Gasteiger partial charge in [-0.25, -0.2) is 4.79 Å². The van der Waals surface area contributed by atoms with Gasteiger partial charge in [-0.1, -0.05) is 6.07 Å². The summed E-state index contributed by atoms with van der Waals surface area (Å²) >= 11 is 3.40. The predicted octanol–water partition coefficient (Wildman–Crippen LogP) is 2.81.